The summed E-state index contributed by atoms with van der Waals surface area (Å²) in [5.41, 5.74) is 0. The topological polar surface area (TPSA) is 32.3 Å². The molecule has 3 rings (SSSR count). The first-order valence-electron chi connectivity index (χ1n) is 7.78. The predicted molar refractivity (Wildman–Crippen MR) is 91.1 cm³/mol. The van der Waals surface area contributed by atoms with Crippen LogP contribution in [-0.2, 0) is 6.42 Å². The second-order valence-electron chi connectivity index (χ2n) is 5.93. The molecule has 1 aliphatic carbocycles. The lowest BCUT2D eigenvalue weighted by atomic mass is 9.87. The first-order chi connectivity index (χ1) is 10.3. The summed E-state index contributed by atoms with van der Waals surface area (Å²) in [6.07, 6.45) is 5.28. The number of aliphatic hydroxyl groups excluding tert-OH is 1. The summed E-state index contributed by atoms with van der Waals surface area (Å²) in [4.78, 5) is 2.87. The van der Waals surface area contributed by atoms with Gasteiger partial charge in [-0.1, -0.05) is 12.1 Å². The zero-order valence-corrected chi connectivity index (χ0v) is 13.8. The van der Waals surface area contributed by atoms with E-state index in [0.29, 0.717) is 6.04 Å². The van der Waals surface area contributed by atoms with Gasteiger partial charge in [0.1, 0.15) is 0 Å². The molecule has 1 saturated carbocycles. The summed E-state index contributed by atoms with van der Waals surface area (Å²) in [6.45, 7) is 1.07. The highest BCUT2D eigenvalue weighted by atomic mass is 32.1. The Kier molecular flexibility index (Phi) is 5.47. The molecule has 114 valence electrons. The molecule has 0 aromatic carbocycles. The van der Waals surface area contributed by atoms with E-state index in [2.05, 4.69) is 40.3 Å². The molecule has 2 aromatic heterocycles. The highest BCUT2D eigenvalue weighted by Crippen LogP contribution is 2.27. The molecule has 1 unspecified atom stereocenters. The van der Waals surface area contributed by atoms with Gasteiger partial charge in [-0.3, -0.25) is 0 Å². The first-order valence-corrected chi connectivity index (χ1v) is 9.54. The van der Waals surface area contributed by atoms with E-state index in [1.165, 1.54) is 9.75 Å². The van der Waals surface area contributed by atoms with Crippen LogP contribution in [0.25, 0.3) is 0 Å². The zero-order valence-electron chi connectivity index (χ0n) is 12.2. The monoisotopic (exact) mass is 321 g/mol. The molecule has 0 bridgehead atoms. The van der Waals surface area contributed by atoms with Crippen molar-refractivity contribution < 1.29 is 5.11 Å². The largest absolute Gasteiger partial charge is 0.393 e. The number of aliphatic hydroxyl groups is 1. The normalized spacial score (nSPS) is 24.0. The molecule has 2 heterocycles. The Hall–Kier alpha value is -0.680. The Bertz CT molecular complexity index is 501. The van der Waals surface area contributed by atoms with Gasteiger partial charge in [0.05, 0.1) is 6.10 Å². The van der Waals surface area contributed by atoms with Gasteiger partial charge in [0.25, 0.3) is 0 Å². The molecule has 1 aliphatic rings. The van der Waals surface area contributed by atoms with Gasteiger partial charge < -0.3 is 10.4 Å². The molecule has 0 spiro atoms. The molecular weight excluding hydrogens is 298 g/mol. The molecule has 0 radical (unpaired) electrons. The molecule has 2 aromatic rings. The van der Waals surface area contributed by atoms with Crippen LogP contribution in [-0.4, -0.2) is 17.8 Å². The van der Waals surface area contributed by atoms with Crippen LogP contribution in [0.4, 0.5) is 0 Å². The Labute approximate surface area is 134 Å². The second-order valence-corrected chi connectivity index (χ2v) is 7.95. The average Bonchev–Trinajstić information content (AvgIpc) is 3.18. The van der Waals surface area contributed by atoms with Gasteiger partial charge in [-0.25, -0.2) is 0 Å². The highest BCUT2D eigenvalue weighted by molar-refractivity contribution is 7.10. The van der Waals surface area contributed by atoms with E-state index < -0.39 is 0 Å². The highest BCUT2D eigenvalue weighted by Gasteiger charge is 2.21. The minimum atomic E-state index is -0.0551. The molecule has 0 aliphatic heterocycles. The van der Waals surface area contributed by atoms with Crippen molar-refractivity contribution in [3.8, 4) is 0 Å². The van der Waals surface area contributed by atoms with Crippen LogP contribution in [0.15, 0.2) is 35.0 Å². The van der Waals surface area contributed by atoms with Gasteiger partial charge in [-0.15, -0.1) is 22.7 Å². The molecular formula is C17H23NOS2. The molecule has 21 heavy (non-hydrogen) atoms. The second kappa shape index (κ2) is 7.54. The number of rotatable bonds is 6. The van der Waals surface area contributed by atoms with E-state index in [4.69, 9.17) is 0 Å². The summed E-state index contributed by atoms with van der Waals surface area (Å²) in [5.74, 6) is 0.721. The predicted octanol–water partition coefficient (Wildman–Crippen LogP) is 4.23. The van der Waals surface area contributed by atoms with Crippen molar-refractivity contribution in [2.75, 3.05) is 6.54 Å². The molecule has 2 N–H and O–H groups in total. The van der Waals surface area contributed by atoms with Crippen molar-refractivity contribution in [2.24, 2.45) is 5.92 Å². The number of nitrogens with one attached hydrogen (secondary N) is 1. The van der Waals surface area contributed by atoms with Crippen LogP contribution < -0.4 is 5.32 Å². The van der Waals surface area contributed by atoms with Crippen LogP contribution >= 0.6 is 22.7 Å². The standard InChI is InChI=1S/C17H23NOS2/c19-14-7-5-13(6-8-14)12-18-16(17-4-2-10-21-17)11-15-3-1-9-20-15/h1-4,9-10,13-14,16,18-19H,5-8,11-12H2. The molecule has 1 atom stereocenters. The Morgan fingerprint density at radius 3 is 2.52 bits per heavy atom. The fourth-order valence-electron chi connectivity index (χ4n) is 3.05. The summed E-state index contributed by atoms with van der Waals surface area (Å²) in [5, 5.41) is 17.7. The first kappa shape index (κ1) is 15.2. The lowest BCUT2D eigenvalue weighted by Crippen LogP contribution is -2.31. The summed E-state index contributed by atoms with van der Waals surface area (Å²) in [7, 11) is 0. The van der Waals surface area contributed by atoms with Crippen molar-refractivity contribution >= 4 is 22.7 Å². The maximum atomic E-state index is 9.61. The fourth-order valence-corrected chi connectivity index (χ4v) is 4.61. The average molecular weight is 322 g/mol. The maximum absolute atomic E-state index is 9.61. The van der Waals surface area contributed by atoms with Gasteiger partial charge in [0.15, 0.2) is 0 Å². The number of hydrogen-bond acceptors (Lipinski definition) is 4. The van der Waals surface area contributed by atoms with Gasteiger partial charge in [0, 0.05) is 22.2 Å². The minimum Gasteiger partial charge on any atom is -0.393 e. The Balaban J connectivity index is 1.57. The smallest absolute Gasteiger partial charge is 0.0540 e. The van der Waals surface area contributed by atoms with E-state index in [9.17, 15) is 5.11 Å². The van der Waals surface area contributed by atoms with Crippen molar-refractivity contribution in [2.45, 2.75) is 44.2 Å². The van der Waals surface area contributed by atoms with Crippen molar-refractivity contribution in [3.63, 3.8) is 0 Å². The van der Waals surface area contributed by atoms with E-state index in [0.717, 1.165) is 44.6 Å². The lowest BCUT2D eigenvalue weighted by Gasteiger charge is -2.27. The molecule has 1 fully saturated rings. The van der Waals surface area contributed by atoms with Crippen molar-refractivity contribution in [3.05, 3.63) is 44.8 Å². The van der Waals surface area contributed by atoms with Gasteiger partial charge in [-0.05, 0) is 61.0 Å². The van der Waals surface area contributed by atoms with Crippen LogP contribution in [0.1, 0.15) is 41.5 Å². The van der Waals surface area contributed by atoms with Crippen LogP contribution in [0.3, 0.4) is 0 Å². The van der Waals surface area contributed by atoms with Crippen molar-refractivity contribution in [1.29, 1.82) is 0 Å². The van der Waals surface area contributed by atoms with E-state index in [1.807, 2.05) is 22.7 Å². The van der Waals surface area contributed by atoms with Gasteiger partial charge >= 0.3 is 0 Å². The number of thiophene rings is 2. The molecule has 0 saturated heterocycles. The zero-order chi connectivity index (χ0) is 14.5. The summed E-state index contributed by atoms with van der Waals surface area (Å²) in [6, 6.07) is 9.16. The molecule has 2 nitrogen and oxygen atoms in total. The SMILES string of the molecule is OC1CCC(CNC(Cc2cccs2)c2cccs2)CC1. The van der Waals surface area contributed by atoms with E-state index >= 15 is 0 Å². The Morgan fingerprint density at radius 1 is 1.10 bits per heavy atom. The molecule has 4 heteroatoms. The summed E-state index contributed by atoms with van der Waals surface area (Å²) < 4.78 is 0. The van der Waals surface area contributed by atoms with Crippen molar-refractivity contribution in [1.82, 2.24) is 5.32 Å². The fraction of sp³-hybridized carbons (Fsp3) is 0.529. The van der Waals surface area contributed by atoms with Crippen LogP contribution in [0.5, 0.6) is 0 Å². The maximum Gasteiger partial charge on any atom is 0.0540 e. The minimum absolute atomic E-state index is 0.0551. The quantitative estimate of drug-likeness (QED) is 0.834. The van der Waals surface area contributed by atoms with Crippen LogP contribution in [0, 0.1) is 5.92 Å². The third-order valence-corrected chi connectivity index (χ3v) is 6.23. The van der Waals surface area contributed by atoms with Gasteiger partial charge in [0.2, 0.25) is 0 Å². The van der Waals surface area contributed by atoms with Crippen LogP contribution in [0.2, 0.25) is 0 Å². The van der Waals surface area contributed by atoms with E-state index in [-0.39, 0.29) is 6.10 Å². The van der Waals surface area contributed by atoms with E-state index in [1.54, 1.807) is 0 Å². The Morgan fingerprint density at radius 2 is 1.86 bits per heavy atom. The third kappa shape index (κ3) is 4.39. The van der Waals surface area contributed by atoms with Gasteiger partial charge in [-0.2, -0.15) is 0 Å². The summed E-state index contributed by atoms with van der Waals surface area (Å²) >= 11 is 3.68. The lowest BCUT2D eigenvalue weighted by molar-refractivity contribution is 0.107. The molecule has 0 amide bonds. The number of hydrogen-bond donors (Lipinski definition) is 2. The third-order valence-electron chi connectivity index (χ3n) is 4.34.